The van der Waals surface area contributed by atoms with E-state index in [1.54, 1.807) is 0 Å². The van der Waals surface area contributed by atoms with Gasteiger partial charge in [0.1, 0.15) is 0 Å². The van der Waals surface area contributed by atoms with Gasteiger partial charge in [-0.2, -0.15) is 0 Å². The summed E-state index contributed by atoms with van der Waals surface area (Å²) >= 11 is 0. The van der Waals surface area contributed by atoms with Crippen LogP contribution in [0.2, 0.25) is 0 Å². The van der Waals surface area contributed by atoms with Crippen molar-refractivity contribution in [2.45, 2.75) is 54.1 Å². The summed E-state index contributed by atoms with van der Waals surface area (Å²) in [5.74, 6) is 0.801. The highest BCUT2D eigenvalue weighted by Crippen LogP contribution is 2.67. The van der Waals surface area contributed by atoms with Crippen molar-refractivity contribution in [2.75, 3.05) is 19.7 Å². The van der Waals surface area contributed by atoms with Crippen LogP contribution in [0.15, 0.2) is 0 Å². The minimum absolute atomic E-state index is 0.0141. The molecule has 1 aliphatic carbocycles. The molecule has 1 fully saturated rings. The molecule has 0 saturated heterocycles. The second-order valence-electron chi connectivity index (χ2n) is 7.16. The molecule has 1 rings (SSSR count). The lowest BCUT2D eigenvalue weighted by Crippen LogP contribution is -2.28. The molecule has 0 radical (unpaired) electrons. The van der Waals surface area contributed by atoms with Crippen molar-refractivity contribution >= 4 is 0 Å². The average Bonchev–Trinajstić information content (AvgIpc) is 2.44. The van der Waals surface area contributed by atoms with Crippen LogP contribution in [0.4, 0.5) is 0 Å². The monoisotopic (exact) mass is 227 g/mol. The highest BCUT2D eigenvalue weighted by molar-refractivity contribution is 5.12. The molecule has 16 heavy (non-hydrogen) atoms. The third kappa shape index (κ3) is 2.98. The van der Waals surface area contributed by atoms with Crippen LogP contribution in [-0.4, -0.2) is 25.3 Å². The second kappa shape index (κ2) is 4.30. The molecule has 0 aromatic carbocycles. The Hall–Kier alpha value is -0.0800. The molecule has 0 heterocycles. The fourth-order valence-corrected chi connectivity index (χ4v) is 2.52. The van der Waals surface area contributed by atoms with E-state index < -0.39 is 0 Å². The minimum atomic E-state index is -0.0141. The minimum Gasteiger partial charge on any atom is -0.375 e. The Labute approximate surface area is 101 Å². The molecule has 1 N–H and O–H groups in total. The summed E-state index contributed by atoms with van der Waals surface area (Å²) in [5.41, 5.74) is 0.968. The van der Waals surface area contributed by atoms with Crippen molar-refractivity contribution in [2.24, 2.45) is 16.7 Å². The summed E-state index contributed by atoms with van der Waals surface area (Å²) in [4.78, 5) is 0. The molecule has 0 spiro atoms. The number of hydrogen-bond donors (Lipinski definition) is 1. The van der Waals surface area contributed by atoms with E-state index in [4.69, 9.17) is 4.74 Å². The summed E-state index contributed by atoms with van der Waals surface area (Å²) < 4.78 is 5.67. The molecule has 0 aliphatic heterocycles. The standard InChI is InChI=1S/C14H29NO/c1-12(2,3)16-9-8-15-10-11-13(4,5)14(11,6)7/h11,15H,8-10H2,1-7H3. The third-order valence-electron chi connectivity index (χ3n) is 4.48. The summed E-state index contributed by atoms with van der Waals surface area (Å²) in [6.07, 6.45) is 0. The Morgan fingerprint density at radius 1 is 1.06 bits per heavy atom. The van der Waals surface area contributed by atoms with E-state index in [0.717, 1.165) is 25.6 Å². The lowest BCUT2D eigenvalue weighted by atomic mass is 10.0. The van der Waals surface area contributed by atoms with E-state index in [1.165, 1.54) is 0 Å². The molecule has 2 heteroatoms. The Bertz CT molecular complexity index is 224. The smallest absolute Gasteiger partial charge is 0.0599 e. The summed E-state index contributed by atoms with van der Waals surface area (Å²) in [6, 6.07) is 0. The Morgan fingerprint density at radius 2 is 1.56 bits per heavy atom. The largest absolute Gasteiger partial charge is 0.375 e. The zero-order valence-corrected chi connectivity index (χ0v) is 12.1. The van der Waals surface area contributed by atoms with Crippen LogP contribution in [0.1, 0.15) is 48.5 Å². The third-order valence-corrected chi connectivity index (χ3v) is 4.48. The van der Waals surface area contributed by atoms with Crippen molar-refractivity contribution in [1.82, 2.24) is 5.32 Å². The van der Waals surface area contributed by atoms with Crippen molar-refractivity contribution in [1.29, 1.82) is 0 Å². The predicted octanol–water partition coefficient (Wildman–Crippen LogP) is 3.07. The van der Waals surface area contributed by atoms with Crippen molar-refractivity contribution in [3.8, 4) is 0 Å². The predicted molar refractivity (Wildman–Crippen MR) is 69.6 cm³/mol. The zero-order chi connectivity index (χ0) is 12.6. The number of nitrogens with one attached hydrogen (secondary N) is 1. The van der Waals surface area contributed by atoms with E-state index in [9.17, 15) is 0 Å². The van der Waals surface area contributed by atoms with Crippen LogP contribution in [0.25, 0.3) is 0 Å². The Balaban J connectivity index is 2.10. The van der Waals surface area contributed by atoms with Crippen LogP contribution >= 0.6 is 0 Å². The highest BCUT2D eigenvalue weighted by atomic mass is 16.5. The first kappa shape index (κ1) is 14.0. The second-order valence-corrected chi connectivity index (χ2v) is 7.16. The lowest BCUT2D eigenvalue weighted by Gasteiger charge is -2.19. The molecule has 0 unspecified atom stereocenters. The average molecular weight is 227 g/mol. The van der Waals surface area contributed by atoms with Gasteiger partial charge in [0.25, 0.3) is 0 Å². The molecular weight excluding hydrogens is 198 g/mol. The van der Waals surface area contributed by atoms with Crippen LogP contribution < -0.4 is 5.32 Å². The van der Waals surface area contributed by atoms with Crippen molar-refractivity contribution in [3.63, 3.8) is 0 Å². The first-order chi connectivity index (χ1) is 7.09. The van der Waals surface area contributed by atoms with Crippen molar-refractivity contribution < 1.29 is 4.74 Å². The van der Waals surface area contributed by atoms with Crippen molar-refractivity contribution in [3.05, 3.63) is 0 Å². The highest BCUT2D eigenvalue weighted by Gasteiger charge is 2.63. The maximum absolute atomic E-state index is 5.67. The quantitative estimate of drug-likeness (QED) is 0.729. The van der Waals surface area contributed by atoms with Gasteiger partial charge in [-0.15, -0.1) is 0 Å². The first-order valence-corrected chi connectivity index (χ1v) is 6.44. The fourth-order valence-electron chi connectivity index (χ4n) is 2.52. The van der Waals surface area contributed by atoms with Gasteiger partial charge in [0, 0.05) is 6.54 Å². The maximum Gasteiger partial charge on any atom is 0.0599 e. The SMILES string of the molecule is CC(C)(C)OCCNCC1C(C)(C)C1(C)C. The molecule has 1 aliphatic rings. The molecule has 2 nitrogen and oxygen atoms in total. The van der Waals surface area contributed by atoms with Gasteiger partial charge >= 0.3 is 0 Å². The molecule has 96 valence electrons. The molecule has 0 aromatic rings. The summed E-state index contributed by atoms with van der Waals surface area (Å²) in [5, 5.41) is 3.51. The van der Waals surface area contributed by atoms with E-state index in [-0.39, 0.29) is 5.60 Å². The summed E-state index contributed by atoms with van der Waals surface area (Å²) in [7, 11) is 0. The van der Waals surface area contributed by atoms with Gasteiger partial charge in [0.15, 0.2) is 0 Å². The molecule has 0 aromatic heterocycles. The first-order valence-electron chi connectivity index (χ1n) is 6.44. The van der Waals surface area contributed by atoms with Crippen LogP contribution in [0.5, 0.6) is 0 Å². The number of hydrogen-bond acceptors (Lipinski definition) is 2. The zero-order valence-electron chi connectivity index (χ0n) is 12.1. The van der Waals surface area contributed by atoms with E-state index in [2.05, 4.69) is 53.8 Å². The topological polar surface area (TPSA) is 21.3 Å². The van der Waals surface area contributed by atoms with Gasteiger partial charge < -0.3 is 10.1 Å². The van der Waals surface area contributed by atoms with Crippen LogP contribution in [0.3, 0.4) is 0 Å². The summed E-state index contributed by atoms with van der Waals surface area (Å²) in [6.45, 7) is 18.6. The van der Waals surface area contributed by atoms with Gasteiger partial charge in [-0.1, -0.05) is 27.7 Å². The van der Waals surface area contributed by atoms with E-state index in [1.807, 2.05) is 0 Å². The van der Waals surface area contributed by atoms with Gasteiger partial charge in [0.05, 0.1) is 12.2 Å². The number of rotatable bonds is 5. The van der Waals surface area contributed by atoms with Crippen LogP contribution in [0, 0.1) is 16.7 Å². The molecule has 0 atom stereocenters. The maximum atomic E-state index is 5.67. The fraction of sp³-hybridized carbons (Fsp3) is 1.00. The lowest BCUT2D eigenvalue weighted by molar-refractivity contribution is -0.000910. The van der Waals surface area contributed by atoms with E-state index in [0.29, 0.717) is 10.8 Å². The number of ether oxygens (including phenoxy) is 1. The normalized spacial score (nSPS) is 23.4. The van der Waals surface area contributed by atoms with Gasteiger partial charge in [-0.3, -0.25) is 0 Å². The molecule has 0 bridgehead atoms. The Morgan fingerprint density at radius 3 is 1.94 bits per heavy atom. The molecular formula is C14H29NO. The van der Waals surface area contributed by atoms with Gasteiger partial charge in [-0.05, 0) is 44.1 Å². The van der Waals surface area contributed by atoms with Gasteiger partial charge in [0.2, 0.25) is 0 Å². The molecule has 1 saturated carbocycles. The van der Waals surface area contributed by atoms with Crippen LogP contribution in [-0.2, 0) is 4.74 Å². The molecule has 0 amide bonds. The van der Waals surface area contributed by atoms with E-state index >= 15 is 0 Å². The Kier molecular flexibility index (Phi) is 3.76. The van der Waals surface area contributed by atoms with Gasteiger partial charge in [-0.25, -0.2) is 0 Å².